The number of nitrogens with one attached hydrogen (secondary N) is 1. The SMILES string of the molecule is Clc1cccc(CSc2nnc(NC[C@@H]3CCCO3)s2)n1. The third kappa shape index (κ3) is 4.54. The summed E-state index contributed by atoms with van der Waals surface area (Å²) in [6, 6.07) is 5.63. The van der Waals surface area contributed by atoms with Crippen molar-refractivity contribution < 1.29 is 4.74 Å². The Bertz CT molecular complexity index is 589. The Balaban J connectivity index is 1.48. The third-order valence-electron chi connectivity index (χ3n) is 3.03. The van der Waals surface area contributed by atoms with Gasteiger partial charge < -0.3 is 10.1 Å². The molecule has 1 aliphatic heterocycles. The Kier molecular flexibility index (Phi) is 5.29. The summed E-state index contributed by atoms with van der Waals surface area (Å²) in [6.45, 7) is 1.67. The van der Waals surface area contributed by atoms with Crippen molar-refractivity contribution in [2.75, 3.05) is 18.5 Å². The Morgan fingerprint density at radius 1 is 1.43 bits per heavy atom. The first-order chi connectivity index (χ1) is 10.3. The summed E-state index contributed by atoms with van der Waals surface area (Å²) in [4.78, 5) is 4.25. The highest BCUT2D eigenvalue weighted by atomic mass is 35.5. The number of pyridine rings is 1. The van der Waals surface area contributed by atoms with E-state index in [0.29, 0.717) is 11.3 Å². The highest BCUT2D eigenvalue weighted by Gasteiger charge is 2.15. The fourth-order valence-corrected chi connectivity index (χ4v) is 3.86. The van der Waals surface area contributed by atoms with Crippen LogP contribution in [0.4, 0.5) is 5.13 Å². The molecule has 0 radical (unpaired) electrons. The van der Waals surface area contributed by atoms with Crippen LogP contribution in [0.5, 0.6) is 0 Å². The van der Waals surface area contributed by atoms with E-state index in [9.17, 15) is 0 Å². The van der Waals surface area contributed by atoms with Gasteiger partial charge in [0.15, 0.2) is 4.34 Å². The first-order valence-electron chi connectivity index (χ1n) is 6.73. The van der Waals surface area contributed by atoms with Crippen molar-refractivity contribution in [3.63, 3.8) is 0 Å². The summed E-state index contributed by atoms with van der Waals surface area (Å²) in [6.07, 6.45) is 2.57. The number of nitrogens with zero attached hydrogens (tertiary/aromatic N) is 3. The molecule has 0 spiro atoms. The van der Waals surface area contributed by atoms with Crippen LogP contribution in [0.3, 0.4) is 0 Å². The van der Waals surface area contributed by atoms with Gasteiger partial charge in [-0.25, -0.2) is 4.98 Å². The Labute approximate surface area is 136 Å². The van der Waals surface area contributed by atoms with Gasteiger partial charge in [-0.05, 0) is 25.0 Å². The van der Waals surface area contributed by atoms with Gasteiger partial charge in [-0.15, -0.1) is 10.2 Å². The molecule has 8 heteroatoms. The van der Waals surface area contributed by atoms with Gasteiger partial charge in [0, 0.05) is 18.9 Å². The minimum atomic E-state index is 0.306. The van der Waals surface area contributed by atoms with Crippen LogP contribution in [0.25, 0.3) is 0 Å². The molecule has 3 heterocycles. The van der Waals surface area contributed by atoms with Crippen LogP contribution in [0.15, 0.2) is 22.5 Å². The van der Waals surface area contributed by atoms with Gasteiger partial charge in [0.25, 0.3) is 0 Å². The molecule has 3 rings (SSSR count). The third-order valence-corrected chi connectivity index (χ3v) is 5.29. The van der Waals surface area contributed by atoms with Gasteiger partial charge in [-0.1, -0.05) is 40.8 Å². The van der Waals surface area contributed by atoms with Crippen molar-refractivity contribution in [2.45, 2.75) is 29.0 Å². The minimum Gasteiger partial charge on any atom is -0.376 e. The predicted molar refractivity (Wildman–Crippen MR) is 86.2 cm³/mol. The second kappa shape index (κ2) is 7.40. The molecule has 2 aromatic heterocycles. The van der Waals surface area contributed by atoms with Gasteiger partial charge in [0.2, 0.25) is 5.13 Å². The zero-order chi connectivity index (χ0) is 14.5. The maximum Gasteiger partial charge on any atom is 0.206 e. The van der Waals surface area contributed by atoms with Crippen molar-refractivity contribution in [2.24, 2.45) is 0 Å². The number of hydrogen-bond acceptors (Lipinski definition) is 7. The van der Waals surface area contributed by atoms with Gasteiger partial charge in [-0.2, -0.15) is 0 Å². The van der Waals surface area contributed by atoms with Crippen molar-refractivity contribution in [3.05, 3.63) is 29.0 Å². The molecular formula is C13H15ClN4OS2. The van der Waals surface area contributed by atoms with E-state index in [1.54, 1.807) is 29.2 Å². The summed E-state index contributed by atoms with van der Waals surface area (Å²) in [5.41, 5.74) is 0.941. The molecule has 1 atom stereocenters. The first-order valence-corrected chi connectivity index (χ1v) is 8.91. The van der Waals surface area contributed by atoms with Crippen LogP contribution >= 0.6 is 34.7 Å². The summed E-state index contributed by atoms with van der Waals surface area (Å²) in [7, 11) is 0. The van der Waals surface area contributed by atoms with E-state index in [0.717, 1.165) is 46.9 Å². The fraction of sp³-hybridized carbons (Fsp3) is 0.462. The first kappa shape index (κ1) is 15.0. The molecule has 1 N–H and O–H groups in total. The number of aromatic nitrogens is 3. The van der Waals surface area contributed by atoms with Crippen LogP contribution in [0, 0.1) is 0 Å². The number of ether oxygens (including phenoxy) is 1. The van der Waals surface area contributed by atoms with Gasteiger partial charge >= 0.3 is 0 Å². The maximum atomic E-state index is 5.87. The molecule has 1 saturated heterocycles. The Hall–Kier alpha value is -0.890. The van der Waals surface area contributed by atoms with Crippen LogP contribution in [-0.4, -0.2) is 34.4 Å². The second-order valence-electron chi connectivity index (χ2n) is 4.63. The standard InChI is InChI=1S/C13H15ClN4OS2/c14-11-5-1-3-9(16-11)8-20-13-18-17-12(21-13)15-7-10-4-2-6-19-10/h1,3,5,10H,2,4,6-8H2,(H,15,17)/t10-/m0/s1. The van der Waals surface area contributed by atoms with Crippen LogP contribution in [-0.2, 0) is 10.5 Å². The number of thioether (sulfide) groups is 1. The van der Waals surface area contributed by atoms with Gasteiger partial charge in [0.1, 0.15) is 5.15 Å². The van der Waals surface area contributed by atoms with E-state index >= 15 is 0 Å². The average molecular weight is 343 g/mol. The van der Waals surface area contributed by atoms with Crippen LogP contribution in [0.2, 0.25) is 5.15 Å². The summed E-state index contributed by atoms with van der Waals surface area (Å²) >= 11 is 9.03. The smallest absolute Gasteiger partial charge is 0.206 e. The molecule has 0 aromatic carbocycles. The molecule has 21 heavy (non-hydrogen) atoms. The fourth-order valence-electron chi connectivity index (χ4n) is 2.01. The lowest BCUT2D eigenvalue weighted by Crippen LogP contribution is -2.18. The highest BCUT2D eigenvalue weighted by molar-refractivity contribution is 8.00. The molecule has 0 saturated carbocycles. The van der Waals surface area contributed by atoms with E-state index < -0.39 is 0 Å². The van der Waals surface area contributed by atoms with Crippen molar-refractivity contribution in [1.82, 2.24) is 15.2 Å². The number of rotatable bonds is 6. The summed E-state index contributed by atoms with van der Waals surface area (Å²) < 4.78 is 6.49. The summed E-state index contributed by atoms with van der Waals surface area (Å²) in [5.74, 6) is 0.737. The molecule has 0 bridgehead atoms. The zero-order valence-corrected chi connectivity index (χ0v) is 13.7. The van der Waals surface area contributed by atoms with E-state index in [1.807, 2.05) is 12.1 Å². The van der Waals surface area contributed by atoms with Crippen molar-refractivity contribution in [1.29, 1.82) is 0 Å². The second-order valence-corrected chi connectivity index (χ2v) is 7.22. The molecule has 0 aliphatic carbocycles. The number of halogens is 1. The van der Waals surface area contributed by atoms with E-state index in [4.69, 9.17) is 16.3 Å². The van der Waals surface area contributed by atoms with E-state index in [1.165, 1.54) is 0 Å². The molecule has 0 amide bonds. The Morgan fingerprint density at radius 2 is 2.38 bits per heavy atom. The van der Waals surface area contributed by atoms with Gasteiger partial charge in [0.05, 0.1) is 11.8 Å². The molecular weight excluding hydrogens is 328 g/mol. The lowest BCUT2D eigenvalue weighted by molar-refractivity contribution is 0.120. The monoisotopic (exact) mass is 342 g/mol. The normalized spacial score (nSPS) is 18.0. The minimum absolute atomic E-state index is 0.306. The molecule has 112 valence electrons. The lowest BCUT2D eigenvalue weighted by atomic mass is 10.2. The Morgan fingerprint density at radius 3 is 3.19 bits per heavy atom. The molecule has 2 aromatic rings. The predicted octanol–water partition coefficient (Wildman–Crippen LogP) is 3.47. The molecule has 0 unspecified atom stereocenters. The van der Waals surface area contributed by atoms with Crippen LogP contribution < -0.4 is 5.32 Å². The van der Waals surface area contributed by atoms with Crippen LogP contribution in [0.1, 0.15) is 18.5 Å². The highest BCUT2D eigenvalue weighted by Crippen LogP contribution is 2.28. The largest absolute Gasteiger partial charge is 0.376 e. The molecule has 5 nitrogen and oxygen atoms in total. The van der Waals surface area contributed by atoms with Gasteiger partial charge in [-0.3, -0.25) is 0 Å². The number of hydrogen-bond donors (Lipinski definition) is 1. The number of anilines is 1. The molecule has 1 fully saturated rings. The summed E-state index contributed by atoms with van der Waals surface area (Å²) in [5, 5.41) is 12.9. The zero-order valence-electron chi connectivity index (χ0n) is 11.3. The topological polar surface area (TPSA) is 59.9 Å². The molecule has 1 aliphatic rings. The maximum absolute atomic E-state index is 5.87. The lowest BCUT2D eigenvalue weighted by Gasteiger charge is -2.08. The van der Waals surface area contributed by atoms with Crippen molar-refractivity contribution in [3.8, 4) is 0 Å². The quantitative estimate of drug-likeness (QED) is 0.640. The van der Waals surface area contributed by atoms with E-state index in [-0.39, 0.29) is 0 Å². The average Bonchev–Trinajstić information content (AvgIpc) is 3.15. The van der Waals surface area contributed by atoms with Crippen molar-refractivity contribution >= 4 is 39.8 Å². The van der Waals surface area contributed by atoms with E-state index in [2.05, 4.69) is 20.5 Å².